The first-order chi connectivity index (χ1) is 17.9. The summed E-state index contributed by atoms with van der Waals surface area (Å²) in [6, 6.07) is 0. The highest BCUT2D eigenvalue weighted by atomic mass is 16.1. The molecule has 0 aromatic rings. The van der Waals surface area contributed by atoms with Crippen LogP contribution in [-0.2, 0) is 9.59 Å². The molecule has 37 heavy (non-hydrogen) atoms. The summed E-state index contributed by atoms with van der Waals surface area (Å²) in [6.07, 6.45) is 32.5. The molecule has 0 aromatic carbocycles. The van der Waals surface area contributed by atoms with Crippen LogP contribution in [0.5, 0.6) is 0 Å². The van der Waals surface area contributed by atoms with E-state index in [4.69, 9.17) is 0 Å². The molecule has 222 valence electrons. The minimum atomic E-state index is 0.369. The lowest BCUT2D eigenvalue weighted by Crippen LogP contribution is -2.02. The Kier molecular flexibility index (Phi) is 34.6. The maximum Gasteiger partial charge on any atom is 0.132 e. The second-order valence-corrected chi connectivity index (χ2v) is 11.8. The molecule has 0 N–H and O–H groups in total. The molecular formula is C34H69NO2. The summed E-state index contributed by atoms with van der Waals surface area (Å²) in [5, 5.41) is 0. The Bertz CT molecular complexity index is 420. The Morgan fingerprint density at radius 2 is 0.541 bits per heavy atom. The molecule has 0 radical (unpaired) electrons. The molecule has 0 aromatic heterocycles. The summed E-state index contributed by atoms with van der Waals surface area (Å²) in [7, 11) is 6.00. The molecule has 0 heterocycles. The van der Waals surface area contributed by atoms with Crippen LogP contribution in [0.25, 0.3) is 0 Å². The summed E-state index contributed by atoms with van der Waals surface area (Å²) in [6.45, 7) is 4.54. The number of rotatable bonds is 28. The van der Waals surface area contributed by atoms with Gasteiger partial charge in [-0.15, -0.1) is 0 Å². The number of unbranched alkanes of at least 4 members (excludes halogenated alkanes) is 20. The molecule has 0 rings (SSSR count). The zero-order chi connectivity index (χ0) is 27.8. The molecule has 0 aliphatic carbocycles. The predicted molar refractivity (Wildman–Crippen MR) is 166 cm³/mol. The molecule has 3 nitrogen and oxygen atoms in total. The van der Waals surface area contributed by atoms with E-state index in [0.29, 0.717) is 24.4 Å². The van der Waals surface area contributed by atoms with E-state index in [1.165, 1.54) is 128 Å². The fourth-order valence-corrected chi connectivity index (χ4v) is 4.71. The van der Waals surface area contributed by atoms with Crippen LogP contribution in [0, 0.1) is 0 Å². The Labute approximate surface area is 234 Å². The van der Waals surface area contributed by atoms with E-state index in [9.17, 15) is 9.59 Å². The van der Waals surface area contributed by atoms with Gasteiger partial charge in [0.2, 0.25) is 0 Å². The third-order valence-electron chi connectivity index (χ3n) is 7.03. The van der Waals surface area contributed by atoms with Crippen molar-refractivity contribution in [3.05, 3.63) is 0 Å². The smallest absolute Gasteiger partial charge is 0.132 e. The van der Waals surface area contributed by atoms with Crippen LogP contribution in [0.2, 0.25) is 0 Å². The van der Waals surface area contributed by atoms with Gasteiger partial charge < -0.3 is 4.90 Å². The predicted octanol–water partition coefficient (Wildman–Crippen LogP) is 10.9. The van der Waals surface area contributed by atoms with Crippen molar-refractivity contribution < 1.29 is 9.59 Å². The first-order valence-corrected chi connectivity index (χ1v) is 16.6. The normalized spacial score (nSPS) is 11.0. The highest BCUT2D eigenvalue weighted by Crippen LogP contribution is 2.14. The largest absolute Gasteiger partial charge is 0.312 e. The minimum absolute atomic E-state index is 0.369. The zero-order valence-electron chi connectivity index (χ0n) is 26.4. The van der Waals surface area contributed by atoms with E-state index in [1.807, 2.05) is 26.0 Å². The monoisotopic (exact) mass is 524 g/mol. The lowest BCUT2D eigenvalue weighted by molar-refractivity contribution is -0.120. The van der Waals surface area contributed by atoms with Gasteiger partial charge >= 0.3 is 0 Å². The summed E-state index contributed by atoms with van der Waals surface area (Å²) >= 11 is 0. The molecule has 0 spiro atoms. The molecule has 0 amide bonds. The van der Waals surface area contributed by atoms with Crippen molar-refractivity contribution in [2.24, 2.45) is 0 Å². The van der Waals surface area contributed by atoms with Crippen LogP contribution in [0.1, 0.15) is 187 Å². The standard InChI is InChI=1S/C31H60O2.C3H9N/c1-3-5-7-9-11-13-15-17-19-21-23-26-30(32)28-25-29-31(33)27-24-22-20-18-16-14-12-10-8-6-4-2;1-4(2)3/h3-29H2,1-2H3;1-3H3. The minimum Gasteiger partial charge on any atom is -0.312 e. The maximum absolute atomic E-state index is 12.0. The van der Waals surface area contributed by atoms with Gasteiger partial charge in [-0.25, -0.2) is 0 Å². The van der Waals surface area contributed by atoms with Crippen molar-refractivity contribution in [1.82, 2.24) is 4.90 Å². The first-order valence-electron chi connectivity index (χ1n) is 16.6. The van der Waals surface area contributed by atoms with Crippen molar-refractivity contribution in [1.29, 1.82) is 0 Å². The van der Waals surface area contributed by atoms with E-state index in [0.717, 1.165) is 32.1 Å². The van der Waals surface area contributed by atoms with E-state index in [2.05, 4.69) is 13.8 Å². The number of hydrogen-bond donors (Lipinski definition) is 0. The molecule has 0 aliphatic rings. The van der Waals surface area contributed by atoms with Gasteiger partial charge in [0.1, 0.15) is 11.6 Å². The van der Waals surface area contributed by atoms with Gasteiger partial charge in [0, 0.05) is 25.7 Å². The topological polar surface area (TPSA) is 37.4 Å². The fourth-order valence-electron chi connectivity index (χ4n) is 4.71. The van der Waals surface area contributed by atoms with E-state index >= 15 is 0 Å². The van der Waals surface area contributed by atoms with Gasteiger partial charge in [-0.1, -0.05) is 142 Å². The molecular weight excluding hydrogens is 454 g/mol. The van der Waals surface area contributed by atoms with Gasteiger partial charge in [-0.2, -0.15) is 0 Å². The maximum atomic E-state index is 12.0. The summed E-state index contributed by atoms with van der Waals surface area (Å²) in [5.41, 5.74) is 0. The van der Waals surface area contributed by atoms with Crippen molar-refractivity contribution in [3.8, 4) is 0 Å². The number of carbonyl (C=O) groups excluding carboxylic acids is 2. The number of nitrogens with zero attached hydrogens (tertiary/aromatic N) is 1. The molecule has 0 saturated heterocycles. The Balaban J connectivity index is 0. The Hall–Kier alpha value is -0.700. The van der Waals surface area contributed by atoms with Crippen LogP contribution >= 0.6 is 0 Å². The molecule has 0 saturated carbocycles. The molecule has 0 aliphatic heterocycles. The van der Waals surface area contributed by atoms with Crippen LogP contribution in [0.3, 0.4) is 0 Å². The quantitative estimate of drug-likeness (QED) is 0.0957. The van der Waals surface area contributed by atoms with Gasteiger partial charge in [0.05, 0.1) is 0 Å². The molecule has 0 atom stereocenters. The van der Waals surface area contributed by atoms with Crippen LogP contribution in [-0.4, -0.2) is 37.6 Å². The molecule has 0 bridgehead atoms. The van der Waals surface area contributed by atoms with Crippen molar-refractivity contribution in [2.45, 2.75) is 187 Å². The Morgan fingerprint density at radius 1 is 0.351 bits per heavy atom. The summed E-state index contributed by atoms with van der Waals surface area (Å²) < 4.78 is 0. The fraction of sp³-hybridized carbons (Fsp3) is 0.941. The number of hydrogen-bond acceptors (Lipinski definition) is 3. The van der Waals surface area contributed by atoms with Crippen molar-refractivity contribution in [2.75, 3.05) is 21.1 Å². The van der Waals surface area contributed by atoms with Gasteiger partial charge in [0.15, 0.2) is 0 Å². The SMILES string of the molecule is CCCCCCCCCCCCCC(=O)CCCC(=O)CCCCCCCCCCCCC.CN(C)C. The van der Waals surface area contributed by atoms with Gasteiger partial charge in [0.25, 0.3) is 0 Å². The average Bonchev–Trinajstić information content (AvgIpc) is 2.85. The second kappa shape index (κ2) is 33.3. The van der Waals surface area contributed by atoms with Crippen LogP contribution in [0.4, 0.5) is 0 Å². The summed E-state index contributed by atoms with van der Waals surface area (Å²) in [5.74, 6) is 0.738. The van der Waals surface area contributed by atoms with Gasteiger partial charge in [-0.05, 0) is 40.4 Å². The lowest BCUT2D eigenvalue weighted by Gasteiger charge is -2.04. The number of carbonyl (C=O) groups is 2. The van der Waals surface area contributed by atoms with Crippen molar-refractivity contribution >= 4 is 11.6 Å². The third-order valence-corrected chi connectivity index (χ3v) is 7.03. The van der Waals surface area contributed by atoms with E-state index in [-0.39, 0.29) is 0 Å². The number of ketones is 2. The zero-order valence-corrected chi connectivity index (χ0v) is 26.4. The van der Waals surface area contributed by atoms with Crippen LogP contribution in [0.15, 0.2) is 0 Å². The highest BCUT2D eigenvalue weighted by molar-refractivity contribution is 5.81. The first kappa shape index (κ1) is 38.4. The lowest BCUT2D eigenvalue weighted by atomic mass is 10.0. The van der Waals surface area contributed by atoms with E-state index < -0.39 is 0 Å². The molecule has 0 unspecified atom stereocenters. The van der Waals surface area contributed by atoms with Crippen LogP contribution < -0.4 is 0 Å². The average molecular weight is 524 g/mol. The number of Topliss-reactive ketones (excluding diaryl/α,β-unsaturated/α-hetero) is 2. The van der Waals surface area contributed by atoms with Gasteiger partial charge in [-0.3, -0.25) is 9.59 Å². The Morgan fingerprint density at radius 3 is 0.784 bits per heavy atom. The van der Waals surface area contributed by atoms with E-state index in [1.54, 1.807) is 0 Å². The molecule has 3 heteroatoms. The summed E-state index contributed by atoms with van der Waals surface area (Å²) in [4.78, 5) is 26.1. The third kappa shape index (κ3) is 40.0. The second-order valence-electron chi connectivity index (χ2n) is 11.8. The molecule has 0 fully saturated rings. The van der Waals surface area contributed by atoms with Crippen molar-refractivity contribution in [3.63, 3.8) is 0 Å². The highest BCUT2D eigenvalue weighted by Gasteiger charge is 2.06.